The van der Waals surface area contributed by atoms with Crippen LogP contribution in [0.3, 0.4) is 0 Å². The summed E-state index contributed by atoms with van der Waals surface area (Å²) in [6.07, 6.45) is 9.02. The van der Waals surface area contributed by atoms with Gasteiger partial charge in [0.25, 0.3) is 0 Å². The largest absolute Gasteiger partial charge is 0.392 e. The van der Waals surface area contributed by atoms with Gasteiger partial charge in [-0.25, -0.2) is 0 Å². The highest BCUT2D eigenvalue weighted by atomic mass is 16.3. The molecule has 0 unspecified atom stereocenters. The van der Waals surface area contributed by atoms with Crippen LogP contribution in [0.2, 0.25) is 0 Å². The number of likely N-dealkylation sites (N-methyl/N-ethyl adjacent to an activating group) is 4. The maximum atomic E-state index is 9.57. The maximum absolute atomic E-state index is 9.57. The number of likely N-dealkylation sites (tertiary alicyclic amines) is 6. The zero-order valence-electron chi connectivity index (χ0n) is 51.4. The van der Waals surface area contributed by atoms with Crippen molar-refractivity contribution in [1.29, 1.82) is 0 Å². The summed E-state index contributed by atoms with van der Waals surface area (Å²) in [5, 5.41) is 38.3. The molecule has 0 saturated carbocycles. The predicted molar refractivity (Wildman–Crippen MR) is 310 cm³/mol. The van der Waals surface area contributed by atoms with E-state index in [9.17, 15) is 20.4 Å². The van der Waals surface area contributed by atoms with Crippen molar-refractivity contribution >= 4 is 0 Å². The number of aliphatic hydroxyl groups is 4. The fourth-order valence-electron chi connectivity index (χ4n) is 11.4. The second-order valence-electron chi connectivity index (χ2n) is 30.6. The number of aliphatic hydroxyl groups excluding tert-OH is 4. The summed E-state index contributed by atoms with van der Waals surface area (Å²) in [5.74, 6) is 4.33. The first kappa shape index (κ1) is 70.6. The minimum atomic E-state index is -0.118. The Morgan fingerprint density at radius 1 is 0.268 bits per heavy atom. The molecule has 10 heteroatoms. The van der Waals surface area contributed by atoms with Crippen LogP contribution < -0.4 is 0 Å². The number of rotatable bonds is 0. The molecule has 6 fully saturated rings. The van der Waals surface area contributed by atoms with Crippen LogP contribution in [0.15, 0.2) is 0 Å². The lowest BCUT2D eigenvalue weighted by Crippen LogP contribution is -2.44. The standard InChI is InChI=1S/4C10H21NO.2C10H21N.CH4/c4*1-10(2,3)8-5-9(12)7-11(4)6-8;2*1-10(2,3)9-6-5-7-11(4)8-9;/h4*8-9,12H,5-7H2,1-4H3;2*9H,5-8H2,1-4H3;1H4/t2*8-,9+;2*8-,9-;2*9-;/m101010./s1. The zero-order valence-corrected chi connectivity index (χ0v) is 51.4. The third kappa shape index (κ3) is 29.6. The van der Waals surface area contributed by atoms with Crippen LogP contribution in [0.4, 0.5) is 0 Å². The maximum Gasteiger partial charge on any atom is 0.0670 e. The smallest absolute Gasteiger partial charge is 0.0670 e. The molecule has 0 bridgehead atoms. The van der Waals surface area contributed by atoms with Gasteiger partial charge in [0, 0.05) is 65.4 Å². The molecule has 428 valence electrons. The van der Waals surface area contributed by atoms with Crippen molar-refractivity contribution in [2.45, 2.75) is 208 Å². The molecule has 10 nitrogen and oxygen atoms in total. The molecule has 10 atom stereocenters. The van der Waals surface area contributed by atoms with E-state index in [2.05, 4.69) is 196 Å². The number of nitrogens with zero attached hydrogens (tertiary/aromatic N) is 6. The molecular weight excluding hydrogens is 881 g/mol. The van der Waals surface area contributed by atoms with Crippen LogP contribution in [0.25, 0.3) is 0 Å². The van der Waals surface area contributed by atoms with Crippen molar-refractivity contribution in [3.8, 4) is 0 Å². The predicted octanol–water partition coefficient (Wildman–Crippen LogP) is 10.8. The van der Waals surface area contributed by atoms with E-state index in [-0.39, 0.29) is 31.8 Å². The van der Waals surface area contributed by atoms with E-state index in [1.807, 2.05) is 0 Å². The number of hydrogen-bond acceptors (Lipinski definition) is 10. The fourth-order valence-corrected chi connectivity index (χ4v) is 11.4. The van der Waals surface area contributed by atoms with E-state index in [0.717, 1.165) is 89.9 Å². The molecule has 0 radical (unpaired) electrons. The Morgan fingerprint density at radius 2 is 0.437 bits per heavy atom. The first-order chi connectivity index (χ1) is 31.6. The minimum absolute atomic E-state index is 0. The van der Waals surface area contributed by atoms with Gasteiger partial charge in [0.15, 0.2) is 0 Å². The molecule has 71 heavy (non-hydrogen) atoms. The van der Waals surface area contributed by atoms with Crippen LogP contribution in [-0.2, 0) is 0 Å². The Morgan fingerprint density at radius 3 is 0.563 bits per heavy atom. The highest BCUT2D eigenvalue weighted by Gasteiger charge is 2.35. The second-order valence-corrected chi connectivity index (χ2v) is 30.6. The topological polar surface area (TPSA) is 100 Å². The summed E-state index contributed by atoms with van der Waals surface area (Å²) < 4.78 is 0. The highest BCUT2D eigenvalue weighted by molar-refractivity contribution is 4.88. The summed E-state index contributed by atoms with van der Waals surface area (Å²) in [5.41, 5.74) is 2.33. The number of hydrogen-bond donors (Lipinski definition) is 4. The lowest BCUT2D eigenvalue weighted by atomic mass is 9.75. The van der Waals surface area contributed by atoms with Crippen molar-refractivity contribution < 1.29 is 20.4 Å². The summed E-state index contributed by atoms with van der Waals surface area (Å²) in [7, 11) is 12.8. The van der Waals surface area contributed by atoms with Crippen molar-refractivity contribution in [2.75, 3.05) is 121 Å². The summed E-state index contributed by atoms with van der Waals surface area (Å²) in [6, 6.07) is 0. The molecule has 4 N–H and O–H groups in total. The molecule has 0 spiro atoms. The Labute approximate surface area is 444 Å². The van der Waals surface area contributed by atoms with Crippen molar-refractivity contribution in [1.82, 2.24) is 29.4 Å². The van der Waals surface area contributed by atoms with Gasteiger partial charge >= 0.3 is 0 Å². The Hall–Kier alpha value is -0.400. The van der Waals surface area contributed by atoms with Gasteiger partial charge in [-0.05, 0) is 175 Å². The zero-order chi connectivity index (χ0) is 54.4. The van der Waals surface area contributed by atoms with E-state index in [4.69, 9.17) is 0 Å². The van der Waals surface area contributed by atoms with Crippen LogP contribution in [0, 0.1) is 68.0 Å². The molecule has 6 heterocycles. The van der Waals surface area contributed by atoms with Crippen LogP contribution in [0.5, 0.6) is 0 Å². The molecule has 0 aromatic carbocycles. The molecule has 6 rings (SSSR count). The van der Waals surface area contributed by atoms with E-state index in [0.29, 0.717) is 56.2 Å². The molecule has 0 aromatic heterocycles. The average molecular weight is 1010 g/mol. The molecule has 6 aliphatic rings. The Bertz CT molecular complexity index is 1170. The van der Waals surface area contributed by atoms with Crippen molar-refractivity contribution in [2.24, 2.45) is 68.0 Å². The third-order valence-corrected chi connectivity index (χ3v) is 17.0. The lowest BCUT2D eigenvalue weighted by molar-refractivity contribution is 0.0156. The number of β-amino-alcohol motifs (C(OH)–C–C–N with tert-alkyl or cyclic N) is 4. The van der Waals surface area contributed by atoms with Crippen LogP contribution in [0.1, 0.15) is 183 Å². The van der Waals surface area contributed by atoms with Gasteiger partial charge < -0.3 is 49.8 Å². The molecule has 0 aromatic rings. The summed E-state index contributed by atoms with van der Waals surface area (Å²) in [4.78, 5) is 13.8. The molecule has 0 aliphatic carbocycles. The Kier molecular flexibility index (Phi) is 30.3. The molecule has 6 saturated heterocycles. The Balaban J connectivity index is 0.000000826. The van der Waals surface area contributed by atoms with Gasteiger partial charge in [0.05, 0.1) is 24.4 Å². The second kappa shape index (κ2) is 30.5. The molecule has 0 amide bonds. The van der Waals surface area contributed by atoms with Gasteiger partial charge in [0.2, 0.25) is 0 Å². The van der Waals surface area contributed by atoms with E-state index in [1.54, 1.807) is 0 Å². The SMILES string of the molecule is C.CN1CCC[C@@H](C(C)(C)C)C1.CN1CCC[C@H](C(C)(C)C)C1.CN1C[C@@H](O)C[C@@H](C(C)(C)C)C1.CN1C[C@@H](O)C[C@H](C(C)(C)C)C1.CN1C[C@H](O)C[C@@H](C(C)(C)C)C1.CN1C[C@H](O)C[C@H](C(C)(C)C)C1. The summed E-state index contributed by atoms with van der Waals surface area (Å²) >= 11 is 0. The lowest BCUT2D eigenvalue weighted by Gasteiger charge is -2.40. The van der Waals surface area contributed by atoms with E-state index in [1.165, 1.54) is 51.9 Å². The fraction of sp³-hybridized carbons (Fsp3) is 1.00. The van der Waals surface area contributed by atoms with E-state index < -0.39 is 0 Å². The quantitative estimate of drug-likeness (QED) is 0.188. The van der Waals surface area contributed by atoms with Gasteiger partial charge in [-0.1, -0.05) is 132 Å². The first-order valence-corrected chi connectivity index (χ1v) is 28.4. The first-order valence-electron chi connectivity index (χ1n) is 28.4. The molecular formula is C61H130N6O4. The van der Waals surface area contributed by atoms with E-state index >= 15 is 0 Å². The normalized spacial score (nSPS) is 31.8. The van der Waals surface area contributed by atoms with Gasteiger partial charge in [-0.3, -0.25) is 0 Å². The summed E-state index contributed by atoms with van der Waals surface area (Å²) in [6.45, 7) is 54.2. The van der Waals surface area contributed by atoms with Crippen LogP contribution in [-0.4, -0.2) is 195 Å². The van der Waals surface area contributed by atoms with Crippen LogP contribution >= 0.6 is 0 Å². The minimum Gasteiger partial charge on any atom is -0.392 e. The van der Waals surface area contributed by atoms with Crippen molar-refractivity contribution in [3.05, 3.63) is 0 Å². The third-order valence-electron chi connectivity index (χ3n) is 17.0. The number of piperidine rings is 6. The monoisotopic (exact) mass is 1010 g/mol. The highest BCUT2D eigenvalue weighted by Crippen LogP contribution is 2.37. The van der Waals surface area contributed by atoms with Gasteiger partial charge in [0.1, 0.15) is 0 Å². The van der Waals surface area contributed by atoms with Gasteiger partial charge in [-0.2, -0.15) is 0 Å². The van der Waals surface area contributed by atoms with Gasteiger partial charge in [-0.15, -0.1) is 0 Å². The van der Waals surface area contributed by atoms with Crippen molar-refractivity contribution in [3.63, 3.8) is 0 Å². The average Bonchev–Trinajstić information content (AvgIpc) is 3.16. The molecule has 6 aliphatic heterocycles.